The van der Waals surface area contributed by atoms with Gasteiger partial charge >= 0.3 is 17.8 Å². The number of halogens is 5. The van der Waals surface area contributed by atoms with Crippen LogP contribution in [0.2, 0.25) is 0 Å². The molecular formula is C28H25F5N6O6. The molecule has 0 spiro atoms. The van der Waals surface area contributed by atoms with Crippen LogP contribution in [0.4, 0.5) is 27.6 Å². The van der Waals surface area contributed by atoms with Crippen LogP contribution in [0, 0.1) is 11.6 Å². The van der Waals surface area contributed by atoms with Crippen LogP contribution >= 0.6 is 0 Å². The number of carboxylic acid groups (broad SMARTS) is 1. The molecule has 1 aliphatic rings. The van der Waals surface area contributed by atoms with Gasteiger partial charge in [0.15, 0.2) is 0 Å². The number of benzene rings is 1. The molecule has 1 unspecified atom stereocenters. The van der Waals surface area contributed by atoms with Gasteiger partial charge in [0, 0.05) is 62.6 Å². The third-order valence-electron chi connectivity index (χ3n) is 7.48. The molecule has 12 nitrogen and oxygen atoms in total. The van der Waals surface area contributed by atoms with Gasteiger partial charge in [0.2, 0.25) is 0 Å². The third-order valence-corrected chi connectivity index (χ3v) is 7.48. The molecule has 1 aromatic carbocycles. The summed E-state index contributed by atoms with van der Waals surface area (Å²) in [4.78, 5) is 54.9. The van der Waals surface area contributed by atoms with Gasteiger partial charge in [-0.25, -0.2) is 23.4 Å². The number of carbonyl (C=O) groups is 2. The maximum absolute atomic E-state index is 15.1. The highest BCUT2D eigenvalue weighted by Crippen LogP contribution is 2.33. The molecule has 1 aliphatic heterocycles. The molecule has 0 aliphatic carbocycles. The maximum atomic E-state index is 15.1. The minimum atomic E-state index is -4.76. The molecule has 2 N–H and O–H groups in total. The lowest BCUT2D eigenvalue weighted by molar-refractivity contribution is -0.167. The maximum Gasteiger partial charge on any atom is 0.411 e. The largest absolute Gasteiger partial charge is 0.480 e. The Morgan fingerprint density at radius 3 is 2.47 bits per heavy atom. The summed E-state index contributed by atoms with van der Waals surface area (Å²) in [7, 11) is 2.77. The lowest BCUT2D eigenvalue weighted by Crippen LogP contribution is -2.53. The highest BCUT2D eigenvalue weighted by atomic mass is 19.4. The molecule has 0 radical (unpaired) electrons. The number of alkyl halides is 3. The summed E-state index contributed by atoms with van der Waals surface area (Å²) in [5.74, 6) is -5.96. The van der Waals surface area contributed by atoms with Gasteiger partial charge in [0.05, 0.1) is 18.8 Å². The van der Waals surface area contributed by atoms with Gasteiger partial charge in [0.25, 0.3) is 11.5 Å². The summed E-state index contributed by atoms with van der Waals surface area (Å²) in [6.07, 6.45) is -0.967. The number of aryl methyl sites for hydroxylation is 1. The number of hydrogen-bond acceptors (Lipinski definition) is 7. The van der Waals surface area contributed by atoms with E-state index in [4.69, 9.17) is 4.74 Å². The van der Waals surface area contributed by atoms with Crippen molar-refractivity contribution in [2.45, 2.75) is 24.7 Å². The van der Waals surface area contributed by atoms with Crippen LogP contribution in [0.1, 0.15) is 16.1 Å². The molecule has 0 bridgehead atoms. The van der Waals surface area contributed by atoms with E-state index in [-0.39, 0.29) is 30.1 Å². The summed E-state index contributed by atoms with van der Waals surface area (Å²) < 4.78 is 79.0. The van der Waals surface area contributed by atoms with Gasteiger partial charge in [-0.15, -0.1) is 0 Å². The Kier molecular flexibility index (Phi) is 8.22. The van der Waals surface area contributed by atoms with E-state index in [0.29, 0.717) is 17.7 Å². The van der Waals surface area contributed by atoms with E-state index in [1.54, 1.807) is 0 Å². The van der Waals surface area contributed by atoms with Crippen LogP contribution in [0.3, 0.4) is 0 Å². The van der Waals surface area contributed by atoms with E-state index < -0.39 is 77.3 Å². The number of carboxylic acids is 1. The molecular weight excluding hydrogens is 611 g/mol. The number of hydrogen-bond donors (Lipinski definition) is 2. The van der Waals surface area contributed by atoms with Gasteiger partial charge in [-0.1, -0.05) is 0 Å². The van der Waals surface area contributed by atoms with Crippen molar-refractivity contribution in [1.29, 1.82) is 0 Å². The van der Waals surface area contributed by atoms with Crippen molar-refractivity contribution in [1.82, 2.24) is 23.8 Å². The van der Waals surface area contributed by atoms with E-state index in [1.165, 1.54) is 53.8 Å². The van der Waals surface area contributed by atoms with Gasteiger partial charge in [-0.3, -0.25) is 14.2 Å². The number of rotatable bonds is 7. The minimum absolute atomic E-state index is 0.120. The first kappa shape index (κ1) is 31.4. The fourth-order valence-corrected chi connectivity index (χ4v) is 5.20. The number of fused-ring (bicyclic) bond motifs is 1. The van der Waals surface area contributed by atoms with Gasteiger partial charge < -0.3 is 29.0 Å². The number of aliphatic carboxylic acids is 1. The van der Waals surface area contributed by atoms with Gasteiger partial charge in [-0.05, 0) is 24.3 Å². The zero-order valence-corrected chi connectivity index (χ0v) is 23.6. The van der Waals surface area contributed by atoms with Crippen molar-refractivity contribution < 1.29 is 41.4 Å². The molecule has 2 atom stereocenters. The zero-order valence-electron chi connectivity index (χ0n) is 23.6. The number of ether oxygens (including phenoxy) is 1. The Bertz CT molecular complexity index is 1910. The van der Waals surface area contributed by atoms with Crippen LogP contribution < -0.4 is 21.5 Å². The quantitative estimate of drug-likeness (QED) is 0.293. The van der Waals surface area contributed by atoms with E-state index in [0.717, 1.165) is 9.47 Å². The Morgan fingerprint density at radius 2 is 1.82 bits per heavy atom. The second kappa shape index (κ2) is 11.8. The summed E-state index contributed by atoms with van der Waals surface area (Å²) >= 11 is 0. The van der Waals surface area contributed by atoms with Crippen molar-refractivity contribution in [2.24, 2.45) is 14.1 Å². The number of morpholine rings is 1. The number of pyridine rings is 1. The molecule has 1 amide bonds. The van der Waals surface area contributed by atoms with Crippen LogP contribution in [0.5, 0.6) is 0 Å². The Balaban J connectivity index is 1.42. The summed E-state index contributed by atoms with van der Waals surface area (Å²) in [5, 5.41) is 11.9. The average molecular weight is 637 g/mol. The molecule has 17 heteroatoms. The van der Waals surface area contributed by atoms with Crippen molar-refractivity contribution in [3.05, 3.63) is 86.6 Å². The first-order chi connectivity index (χ1) is 21.2. The van der Waals surface area contributed by atoms with E-state index in [1.807, 2.05) is 0 Å². The smallest absolute Gasteiger partial charge is 0.411 e. The summed E-state index contributed by atoms with van der Waals surface area (Å²) in [5.41, 5.74) is -1.80. The number of amides is 1. The second-order valence-corrected chi connectivity index (χ2v) is 10.3. The van der Waals surface area contributed by atoms with Gasteiger partial charge in [0.1, 0.15) is 34.9 Å². The predicted molar refractivity (Wildman–Crippen MR) is 148 cm³/mol. The van der Waals surface area contributed by atoms with E-state index in [9.17, 15) is 37.5 Å². The Labute approximate surface area is 249 Å². The average Bonchev–Trinajstić information content (AvgIpc) is 3.47. The molecule has 1 fully saturated rings. The van der Waals surface area contributed by atoms with Crippen LogP contribution in [-0.4, -0.2) is 73.5 Å². The number of nitrogens with zero attached hydrogens (tertiary/aromatic N) is 5. The Hall–Kier alpha value is -5.06. The van der Waals surface area contributed by atoms with Crippen molar-refractivity contribution in [2.75, 3.05) is 24.7 Å². The lowest BCUT2D eigenvalue weighted by Gasteiger charge is -2.38. The van der Waals surface area contributed by atoms with Crippen LogP contribution in [0.25, 0.3) is 16.8 Å². The van der Waals surface area contributed by atoms with Crippen molar-refractivity contribution in [3.63, 3.8) is 0 Å². The topological polar surface area (TPSA) is 140 Å². The first-order valence-corrected chi connectivity index (χ1v) is 13.3. The Morgan fingerprint density at radius 1 is 1.13 bits per heavy atom. The zero-order chi connectivity index (χ0) is 32.8. The number of aromatic nitrogens is 4. The molecule has 3 aromatic heterocycles. The summed E-state index contributed by atoms with van der Waals surface area (Å²) in [6, 6.07) is 0.227. The minimum Gasteiger partial charge on any atom is -0.480 e. The molecule has 45 heavy (non-hydrogen) atoms. The standard InChI is InChI=1S/C28H25F5N6O6/c1-36-12-17(25(41)37(2)27(36)44)16-4-3-14(39-6-5-34-23(16)39)11-20(26(42)43)35-24(40)22-18(29)9-15(10-19(22)30)38-7-8-45-13-21(38)28(31,32)33/h3-6,9-10,12,20-21H,7-8,11,13H2,1-2H3,(H,35,40)(H,42,43)/t20?,21-/m1/s1. The molecule has 4 aromatic rings. The molecule has 238 valence electrons. The monoisotopic (exact) mass is 636 g/mol. The highest BCUT2D eigenvalue weighted by Gasteiger charge is 2.46. The number of imidazole rings is 1. The van der Waals surface area contributed by atoms with Crippen LogP contribution in [-0.2, 0) is 30.0 Å². The normalized spacial score (nSPS) is 16.2. The van der Waals surface area contributed by atoms with E-state index in [2.05, 4.69) is 10.3 Å². The fourth-order valence-electron chi connectivity index (χ4n) is 5.20. The third kappa shape index (κ3) is 5.90. The first-order valence-electron chi connectivity index (χ1n) is 13.3. The van der Waals surface area contributed by atoms with E-state index >= 15 is 8.78 Å². The molecule has 0 saturated carbocycles. The number of nitrogens with one attached hydrogen (secondary N) is 1. The van der Waals surface area contributed by atoms with Crippen molar-refractivity contribution >= 4 is 23.2 Å². The van der Waals surface area contributed by atoms with Crippen LogP contribution in [0.15, 0.2) is 52.4 Å². The predicted octanol–water partition coefficient (Wildman–Crippen LogP) is 1.87. The number of carbonyl (C=O) groups excluding carboxylic acids is 1. The molecule has 5 rings (SSSR count). The highest BCUT2D eigenvalue weighted by molar-refractivity contribution is 5.97. The van der Waals surface area contributed by atoms with Crippen molar-refractivity contribution in [3.8, 4) is 11.1 Å². The summed E-state index contributed by atoms with van der Waals surface area (Å²) in [6.45, 7) is -1.18. The molecule has 4 heterocycles. The SMILES string of the molecule is Cn1cc(-c2ccc(CC(NC(=O)c3c(F)cc(N4CCOC[C@@H]4C(F)(F)F)cc3F)C(=O)O)n3ccnc23)c(=O)n(C)c1=O. The lowest BCUT2D eigenvalue weighted by atomic mass is 10.1. The molecule has 1 saturated heterocycles. The number of anilines is 1. The van der Waals surface area contributed by atoms with Gasteiger partial charge in [-0.2, -0.15) is 13.2 Å². The fraction of sp³-hybridized carbons (Fsp3) is 0.321. The second-order valence-electron chi connectivity index (χ2n) is 10.3.